The van der Waals surface area contributed by atoms with Crippen molar-refractivity contribution in [1.82, 2.24) is 10.2 Å². The number of benzene rings is 4. The molecule has 4 aromatic rings. The van der Waals surface area contributed by atoms with Crippen LogP contribution in [-0.4, -0.2) is 59.4 Å². The van der Waals surface area contributed by atoms with Gasteiger partial charge in [-0.15, -0.1) is 0 Å². The van der Waals surface area contributed by atoms with Gasteiger partial charge in [0.15, 0.2) is 23.0 Å². The van der Waals surface area contributed by atoms with Crippen molar-refractivity contribution in [2.75, 3.05) is 48.6 Å². The Bertz CT molecular complexity index is 1570. The molecule has 8 nitrogen and oxygen atoms in total. The van der Waals surface area contributed by atoms with Gasteiger partial charge in [-0.3, -0.25) is 9.69 Å². The molecule has 0 spiro atoms. The van der Waals surface area contributed by atoms with Gasteiger partial charge in [0.05, 0.1) is 42.1 Å². The first-order valence-corrected chi connectivity index (χ1v) is 14.0. The van der Waals surface area contributed by atoms with Crippen LogP contribution in [0.25, 0.3) is 10.8 Å². The standard InChI is InChI=1S/C34H38N2O6/c1-38-29-11-10-22(16-31(29)40-3)15-28-27-19-33(42-5)32(41-4)18-25(27)12-13-36(28)21-34(37)35-20-23-14-24-8-6-7-9-26(24)30(17-23)39-2/h6-11,14,16-19,28H,12-13,15,20-21H2,1-5H3,(H,35,37). The Morgan fingerprint density at radius 2 is 1.43 bits per heavy atom. The lowest BCUT2D eigenvalue weighted by Crippen LogP contribution is -2.43. The highest BCUT2D eigenvalue weighted by atomic mass is 16.5. The molecule has 0 saturated carbocycles. The number of hydrogen-bond donors (Lipinski definition) is 1. The Kier molecular flexibility index (Phi) is 9.03. The molecule has 220 valence electrons. The number of carbonyl (C=O) groups is 1. The van der Waals surface area contributed by atoms with Crippen LogP contribution >= 0.6 is 0 Å². The van der Waals surface area contributed by atoms with E-state index < -0.39 is 0 Å². The molecule has 1 atom stereocenters. The van der Waals surface area contributed by atoms with Crippen molar-refractivity contribution in [3.63, 3.8) is 0 Å². The predicted octanol–water partition coefficient (Wildman–Crippen LogP) is 5.34. The van der Waals surface area contributed by atoms with E-state index in [0.29, 0.717) is 36.0 Å². The van der Waals surface area contributed by atoms with Crippen molar-refractivity contribution >= 4 is 16.7 Å². The number of amides is 1. The first-order chi connectivity index (χ1) is 20.5. The lowest BCUT2D eigenvalue weighted by atomic mass is 9.88. The van der Waals surface area contributed by atoms with Gasteiger partial charge in [-0.2, -0.15) is 0 Å². The second kappa shape index (κ2) is 13.0. The summed E-state index contributed by atoms with van der Waals surface area (Å²) in [6.45, 7) is 1.41. The fraction of sp³-hybridized carbons (Fsp3) is 0.324. The number of hydrogen-bond acceptors (Lipinski definition) is 7. The number of fused-ring (bicyclic) bond motifs is 2. The summed E-state index contributed by atoms with van der Waals surface area (Å²) in [6.07, 6.45) is 1.48. The maximum Gasteiger partial charge on any atom is 0.234 e. The van der Waals surface area contributed by atoms with Crippen molar-refractivity contribution in [3.05, 3.63) is 89.0 Å². The molecule has 1 heterocycles. The van der Waals surface area contributed by atoms with Crippen LogP contribution in [0.5, 0.6) is 28.7 Å². The average Bonchev–Trinajstić information content (AvgIpc) is 3.03. The van der Waals surface area contributed by atoms with Crippen LogP contribution in [0.3, 0.4) is 0 Å². The lowest BCUT2D eigenvalue weighted by molar-refractivity contribution is -0.123. The molecule has 0 aromatic heterocycles. The van der Waals surface area contributed by atoms with E-state index in [9.17, 15) is 4.79 Å². The van der Waals surface area contributed by atoms with E-state index in [4.69, 9.17) is 23.7 Å². The van der Waals surface area contributed by atoms with Crippen LogP contribution in [-0.2, 0) is 24.2 Å². The van der Waals surface area contributed by atoms with E-state index in [1.807, 2.05) is 48.5 Å². The minimum absolute atomic E-state index is 0.0386. The second-order valence-electron chi connectivity index (χ2n) is 10.3. The topological polar surface area (TPSA) is 78.5 Å². The van der Waals surface area contributed by atoms with Gasteiger partial charge in [0, 0.05) is 24.5 Å². The molecule has 0 fully saturated rings. The first-order valence-electron chi connectivity index (χ1n) is 14.0. The molecule has 8 heteroatoms. The Labute approximate surface area is 247 Å². The number of carbonyl (C=O) groups excluding carboxylic acids is 1. The Balaban J connectivity index is 1.39. The molecule has 0 radical (unpaired) electrons. The molecule has 42 heavy (non-hydrogen) atoms. The summed E-state index contributed by atoms with van der Waals surface area (Å²) >= 11 is 0. The summed E-state index contributed by atoms with van der Waals surface area (Å²) in [6, 6.07) is 22.2. The minimum Gasteiger partial charge on any atom is -0.496 e. The average molecular weight is 571 g/mol. The van der Waals surface area contributed by atoms with Gasteiger partial charge in [-0.25, -0.2) is 0 Å². The molecule has 1 aliphatic heterocycles. The fourth-order valence-electron chi connectivity index (χ4n) is 5.79. The number of ether oxygens (including phenoxy) is 5. The monoisotopic (exact) mass is 570 g/mol. The number of nitrogens with one attached hydrogen (secondary N) is 1. The van der Waals surface area contributed by atoms with Crippen LogP contribution in [0.4, 0.5) is 0 Å². The lowest BCUT2D eigenvalue weighted by Gasteiger charge is -2.37. The third-order valence-corrected chi connectivity index (χ3v) is 7.93. The molecule has 1 amide bonds. The fourth-order valence-corrected chi connectivity index (χ4v) is 5.79. The van der Waals surface area contributed by atoms with Gasteiger partial charge in [0.1, 0.15) is 5.75 Å². The van der Waals surface area contributed by atoms with E-state index in [1.165, 1.54) is 5.56 Å². The summed E-state index contributed by atoms with van der Waals surface area (Å²) < 4.78 is 27.8. The quantitative estimate of drug-likeness (QED) is 0.261. The molecular formula is C34H38N2O6. The number of nitrogens with zero attached hydrogens (tertiary/aromatic N) is 1. The van der Waals surface area contributed by atoms with Gasteiger partial charge >= 0.3 is 0 Å². The normalized spacial score (nSPS) is 14.6. The van der Waals surface area contributed by atoms with E-state index in [-0.39, 0.29) is 18.5 Å². The highest BCUT2D eigenvalue weighted by Crippen LogP contribution is 2.40. The second-order valence-corrected chi connectivity index (χ2v) is 10.3. The molecule has 0 aliphatic carbocycles. The van der Waals surface area contributed by atoms with E-state index >= 15 is 0 Å². The van der Waals surface area contributed by atoms with Crippen LogP contribution < -0.4 is 29.0 Å². The van der Waals surface area contributed by atoms with E-state index in [1.54, 1.807) is 35.5 Å². The van der Waals surface area contributed by atoms with E-state index in [2.05, 4.69) is 28.4 Å². The molecule has 0 saturated heterocycles. The summed E-state index contributed by atoms with van der Waals surface area (Å²) in [5.41, 5.74) is 4.38. The van der Waals surface area contributed by atoms with Crippen LogP contribution in [0.1, 0.15) is 28.3 Å². The van der Waals surface area contributed by atoms with Crippen LogP contribution in [0, 0.1) is 0 Å². The van der Waals surface area contributed by atoms with Gasteiger partial charge < -0.3 is 29.0 Å². The van der Waals surface area contributed by atoms with Crippen molar-refractivity contribution in [2.24, 2.45) is 0 Å². The first kappa shape index (κ1) is 29.1. The summed E-state index contributed by atoms with van der Waals surface area (Å²) in [5.74, 6) is 3.49. The smallest absolute Gasteiger partial charge is 0.234 e. The Morgan fingerprint density at radius 3 is 2.17 bits per heavy atom. The summed E-state index contributed by atoms with van der Waals surface area (Å²) in [7, 11) is 8.22. The molecule has 5 rings (SSSR count). The molecule has 1 unspecified atom stereocenters. The molecule has 1 aliphatic rings. The third-order valence-electron chi connectivity index (χ3n) is 7.93. The van der Waals surface area contributed by atoms with Gasteiger partial charge in [0.25, 0.3) is 0 Å². The van der Waals surface area contributed by atoms with Crippen molar-refractivity contribution in [2.45, 2.75) is 25.4 Å². The number of methoxy groups -OCH3 is 5. The zero-order valence-electron chi connectivity index (χ0n) is 24.9. The maximum atomic E-state index is 13.4. The van der Waals surface area contributed by atoms with Crippen LogP contribution in [0.2, 0.25) is 0 Å². The Hall–Kier alpha value is -4.43. The summed E-state index contributed by atoms with van der Waals surface area (Å²) in [4.78, 5) is 15.6. The van der Waals surface area contributed by atoms with Crippen molar-refractivity contribution in [3.8, 4) is 28.7 Å². The highest BCUT2D eigenvalue weighted by Gasteiger charge is 2.31. The molecular weight excluding hydrogens is 532 g/mol. The predicted molar refractivity (Wildman–Crippen MR) is 163 cm³/mol. The minimum atomic E-state index is -0.0572. The molecule has 1 N–H and O–H groups in total. The molecule has 4 aromatic carbocycles. The van der Waals surface area contributed by atoms with Gasteiger partial charge in [-0.05, 0) is 76.9 Å². The largest absolute Gasteiger partial charge is 0.496 e. The SMILES string of the molecule is COc1ccc(CC2c3cc(OC)c(OC)cc3CCN2CC(=O)NCc2cc(OC)c3ccccc3c2)cc1OC. The Morgan fingerprint density at radius 1 is 0.762 bits per heavy atom. The molecule has 0 bridgehead atoms. The summed E-state index contributed by atoms with van der Waals surface area (Å²) in [5, 5.41) is 5.25. The van der Waals surface area contributed by atoms with Crippen LogP contribution in [0.15, 0.2) is 66.7 Å². The third kappa shape index (κ3) is 6.09. The van der Waals surface area contributed by atoms with E-state index in [0.717, 1.165) is 46.2 Å². The maximum absolute atomic E-state index is 13.4. The van der Waals surface area contributed by atoms with Gasteiger partial charge in [0.2, 0.25) is 5.91 Å². The zero-order valence-corrected chi connectivity index (χ0v) is 24.9. The van der Waals surface area contributed by atoms with Crippen molar-refractivity contribution < 1.29 is 28.5 Å². The van der Waals surface area contributed by atoms with Gasteiger partial charge in [-0.1, -0.05) is 30.3 Å². The highest BCUT2D eigenvalue weighted by molar-refractivity contribution is 5.89. The zero-order chi connectivity index (χ0) is 29.6. The number of rotatable bonds is 11. The van der Waals surface area contributed by atoms with Crippen molar-refractivity contribution in [1.29, 1.82) is 0 Å².